The summed E-state index contributed by atoms with van der Waals surface area (Å²) in [6, 6.07) is 5.47. The van der Waals surface area contributed by atoms with Crippen LogP contribution in [0, 0.1) is 5.92 Å². The second kappa shape index (κ2) is 8.52. The van der Waals surface area contributed by atoms with Crippen LogP contribution in [0.2, 0.25) is 0 Å². The van der Waals surface area contributed by atoms with Crippen LogP contribution >= 0.6 is 0 Å². The zero-order valence-electron chi connectivity index (χ0n) is 13.3. The minimum atomic E-state index is -0.0403. The largest absolute Gasteiger partial charge is 0.493 e. The lowest BCUT2D eigenvalue weighted by Gasteiger charge is -2.15. The van der Waals surface area contributed by atoms with Crippen molar-refractivity contribution >= 4 is 5.91 Å². The zero-order chi connectivity index (χ0) is 15.8. The van der Waals surface area contributed by atoms with E-state index < -0.39 is 0 Å². The molecule has 0 heterocycles. The number of hydrogen-bond donors (Lipinski definition) is 2. The van der Waals surface area contributed by atoms with Crippen LogP contribution in [0.25, 0.3) is 0 Å². The molecule has 3 N–H and O–H groups in total. The molecule has 5 nitrogen and oxygen atoms in total. The Kier molecular flexibility index (Phi) is 7.02. The molecule has 1 atom stereocenters. The first-order chi connectivity index (χ1) is 9.96. The predicted molar refractivity (Wildman–Crippen MR) is 83.7 cm³/mol. The lowest BCUT2D eigenvalue weighted by Crippen LogP contribution is -2.38. The number of methoxy groups -OCH3 is 2. The summed E-state index contributed by atoms with van der Waals surface area (Å²) in [5.74, 6) is 1.77. The zero-order valence-corrected chi connectivity index (χ0v) is 13.3. The normalized spacial score (nSPS) is 12.1. The Bertz CT molecular complexity index is 461. The third kappa shape index (κ3) is 6.04. The van der Waals surface area contributed by atoms with E-state index in [0.29, 0.717) is 30.4 Å². The number of nitrogens with two attached hydrogens (primary N) is 1. The molecule has 0 aliphatic rings. The molecule has 1 rings (SSSR count). The topological polar surface area (TPSA) is 73.6 Å². The number of carbonyl (C=O) groups excluding carboxylic acids is 1. The van der Waals surface area contributed by atoms with Crippen molar-refractivity contribution in [2.24, 2.45) is 11.7 Å². The summed E-state index contributed by atoms with van der Waals surface area (Å²) >= 11 is 0. The SMILES string of the molecule is COc1ccc(CC(=O)NCC(N)CC(C)C)cc1OC. The molecule has 0 radical (unpaired) electrons. The number of rotatable bonds is 8. The van der Waals surface area contributed by atoms with E-state index in [2.05, 4.69) is 19.2 Å². The van der Waals surface area contributed by atoms with Crippen LogP contribution in [-0.2, 0) is 11.2 Å². The highest BCUT2D eigenvalue weighted by Crippen LogP contribution is 2.27. The van der Waals surface area contributed by atoms with E-state index in [1.165, 1.54) is 0 Å². The lowest BCUT2D eigenvalue weighted by atomic mass is 10.0. The molecule has 0 saturated heterocycles. The van der Waals surface area contributed by atoms with Crippen LogP contribution in [0.1, 0.15) is 25.8 Å². The summed E-state index contributed by atoms with van der Waals surface area (Å²) in [7, 11) is 3.16. The van der Waals surface area contributed by atoms with E-state index in [4.69, 9.17) is 15.2 Å². The van der Waals surface area contributed by atoms with Crippen LogP contribution in [0.15, 0.2) is 18.2 Å². The van der Waals surface area contributed by atoms with Crippen LogP contribution < -0.4 is 20.5 Å². The molecule has 1 aromatic carbocycles. The third-order valence-electron chi connectivity index (χ3n) is 3.15. The van der Waals surface area contributed by atoms with Gasteiger partial charge in [0.05, 0.1) is 20.6 Å². The van der Waals surface area contributed by atoms with E-state index in [9.17, 15) is 4.79 Å². The van der Waals surface area contributed by atoms with E-state index >= 15 is 0 Å². The van der Waals surface area contributed by atoms with E-state index in [0.717, 1.165) is 12.0 Å². The van der Waals surface area contributed by atoms with E-state index in [-0.39, 0.29) is 11.9 Å². The van der Waals surface area contributed by atoms with Crippen molar-refractivity contribution in [2.75, 3.05) is 20.8 Å². The molecule has 5 heteroatoms. The number of ether oxygens (including phenoxy) is 2. The Morgan fingerprint density at radius 2 is 1.90 bits per heavy atom. The molecule has 0 aliphatic heterocycles. The number of benzene rings is 1. The summed E-state index contributed by atoms with van der Waals surface area (Å²) in [5, 5.41) is 2.87. The van der Waals surface area contributed by atoms with Gasteiger partial charge in [-0.05, 0) is 30.0 Å². The highest BCUT2D eigenvalue weighted by Gasteiger charge is 2.10. The lowest BCUT2D eigenvalue weighted by molar-refractivity contribution is -0.120. The van der Waals surface area contributed by atoms with E-state index in [1.54, 1.807) is 20.3 Å². The Morgan fingerprint density at radius 3 is 2.48 bits per heavy atom. The van der Waals surface area contributed by atoms with Crippen LogP contribution in [0.5, 0.6) is 11.5 Å². The van der Waals surface area contributed by atoms with Crippen molar-refractivity contribution in [3.63, 3.8) is 0 Å². The maximum absolute atomic E-state index is 11.9. The Hall–Kier alpha value is -1.75. The smallest absolute Gasteiger partial charge is 0.224 e. The van der Waals surface area contributed by atoms with Gasteiger partial charge in [0.15, 0.2) is 11.5 Å². The average molecular weight is 294 g/mol. The minimum absolute atomic E-state index is 0.000599. The fraction of sp³-hybridized carbons (Fsp3) is 0.562. The van der Waals surface area contributed by atoms with Crippen molar-refractivity contribution in [1.29, 1.82) is 0 Å². The first-order valence-electron chi connectivity index (χ1n) is 7.19. The summed E-state index contributed by atoms with van der Waals surface area (Å²) in [6.07, 6.45) is 1.20. The second-order valence-electron chi connectivity index (χ2n) is 5.56. The molecule has 0 aromatic heterocycles. The maximum atomic E-state index is 11.9. The summed E-state index contributed by atoms with van der Waals surface area (Å²) in [4.78, 5) is 11.9. The molecule has 1 amide bonds. The number of amides is 1. The molecular weight excluding hydrogens is 268 g/mol. The van der Waals surface area contributed by atoms with Crippen LogP contribution in [-0.4, -0.2) is 32.7 Å². The fourth-order valence-corrected chi connectivity index (χ4v) is 2.17. The highest BCUT2D eigenvalue weighted by atomic mass is 16.5. The summed E-state index contributed by atoms with van der Waals surface area (Å²) in [5.41, 5.74) is 6.83. The molecule has 0 bridgehead atoms. The Morgan fingerprint density at radius 1 is 1.24 bits per heavy atom. The van der Waals surface area contributed by atoms with Gasteiger partial charge >= 0.3 is 0 Å². The van der Waals surface area contributed by atoms with Crippen molar-refractivity contribution in [3.8, 4) is 11.5 Å². The number of carbonyl (C=O) groups is 1. The monoisotopic (exact) mass is 294 g/mol. The van der Waals surface area contributed by atoms with Gasteiger partial charge in [-0.15, -0.1) is 0 Å². The number of nitrogens with one attached hydrogen (secondary N) is 1. The predicted octanol–water partition coefficient (Wildman–Crippen LogP) is 1.74. The molecule has 0 fully saturated rings. The average Bonchev–Trinajstić information content (AvgIpc) is 2.44. The van der Waals surface area contributed by atoms with Gasteiger partial charge in [-0.25, -0.2) is 0 Å². The van der Waals surface area contributed by atoms with Gasteiger partial charge in [-0.2, -0.15) is 0 Å². The second-order valence-corrected chi connectivity index (χ2v) is 5.56. The van der Waals surface area contributed by atoms with Gasteiger partial charge in [0.2, 0.25) is 5.91 Å². The molecule has 1 aromatic rings. The van der Waals surface area contributed by atoms with Gasteiger partial charge in [-0.3, -0.25) is 4.79 Å². The van der Waals surface area contributed by atoms with Gasteiger partial charge in [0.25, 0.3) is 0 Å². The fourth-order valence-electron chi connectivity index (χ4n) is 2.17. The Balaban J connectivity index is 2.51. The molecule has 118 valence electrons. The minimum Gasteiger partial charge on any atom is -0.493 e. The highest BCUT2D eigenvalue weighted by molar-refractivity contribution is 5.78. The van der Waals surface area contributed by atoms with Gasteiger partial charge < -0.3 is 20.5 Å². The first-order valence-corrected chi connectivity index (χ1v) is 7.19. The molecule has 0 aliphatic carbocycles. The summed E-state index contributed by atoms with van der Waals surface area (Å²) in [6.45, 7) is 4.74. The summed E-state index contributed by atoms with van der Waals surface area (Å²) < 4.78 is 10.4. The van der Waals surface area contributed by atoms with Crippen molar-refractivity contribution < 1.29 is 14.3 Å². The van der Waals surface area contributed by atoms with E-state index in [1.807, 2.05) is 12.1 Å². The maximum Gasteiger partial charge on any atom is 0.224 e. The first kappa shape index (κ1) is 17.3. The van der Waals surface area contributed by atoms with Gasteiger partial charge in [0.1, 0.15) is 0 Å². The quantitative estimate of drug-likeness (QED) is 0.766. The van der Waals surface area contributed by atoms with Gasteiger partial charge in [0, 0.05) is 12.6 Å². The molecule has 0 spiro atoms. The third-order valence-corrected chi connectivity index (χ3v) is 3.15. The van der Waals surface area contributed by atoms with Crippen molar-refractivity contribution in [3.05, 3.63) is 23.8 Å². The van der Waals surface area contributed by atoms with Crippen molar-refractivity contribution in [1.82, 2.24) is 5.32 Å². The van der Waals surface area contributed by atoms with Crippen LogP contribution in [0.3, 0.4) is 0 Å². The van der Waals surface area contributed by atoms with Crippen LogP contribution in [0.4, 0.5) is 0 Å². The standard InChI is InChI=1S/C16H26N2O3/c1-11(2)7-13(17)10-18-16(19)9-12-5-6-14(20-3)15(8-12)21-4/h5-6,8,11,13H,7,9-10,17H2,1-4H3,(H,18,19). The van der Waals surface area contributed by atoms with Crippen molar-refractivity contribution in [2.45, 2.75) is 32.7 Å². The number of hydrogen-bond acceptors (Lipinski definition) is 4. The molecular formula is C16H26N2O3. The molecule has 21 heavy (non-hydrogen) atoms. The Labute approximate surface area is 126 Å². The molecule has 1 unspecified atom stereocenters. The van der Waals surface area contributed by atoms with Gasteiger partial charge in [-0.1, -0.05) is 19.9 Å². The molecule has 0 saturated carbocycles.